The van der Waals surface area contributed by atoms with Gasteiger partial charge in [0, 0.05) is 35.7 Å². The molecule has 0 bridgehead atoms. The average molecular weight is 550 g/mol. The second-order valence-corrected chi connectivity index (χ2v) is 12.4. The Kier molecular flexibility index (Phi) is 8.08. The third-order valence-electron chi connectivity index (χ3n) is 5.30. The fraction of sp³-hybridized carbons (Fsp3) is 0.111. The minimum atomic E-state index is -3.57. The van der Waals surface area contributed by atoms with E-state index in [1.807, 2.05) is 6.07 Å². The Labute approximate surface area is 222 Å². The average Bonchev–Trinajstić information content (AvgIpc) is 2.85. The third-order valence-corrected chi connectivity index (χ3v) is 7.42. The van der Waals surface area contributed by atoms with E-state index in [4.69, 9.17) is 0 Å². The van der Waals surface area contributed by atoms with Gasteiger partial charge in [-0.25, -0.2) is 21.8 Å². The summed E-state index contributed by atoms with van der Waals surface area (Å²) in [7, 11) is -6.73. The van der Waals surface area contributed by atoms with Crippen molar-refractivity contribution in [3.63, 3.8) is 0 Å². The summed E-state index contributed by atoms with van der Waals surface area (Å²) in [5.74, 6) is 0.659. The molecule has 0 aliphatic carbocycles. The SMILES string of the molecule is C=CN(c1ccc(NS(=O)(=O)Cc2ccccc2)cc1)c1ccnc(Nc2cccc(CS(C)(=O)=O)c2)n1. The molecular weight excluding hydrogens is 522 g/mol. The molecule has 2 N–H and O–H groups in total. The molecule has 1 aromatic heterocycles. The predicted octanol–water partition coefficient (Wildman–Crippen LogP) is 4.99. The highest BCUT2D eigenvalue weighted by molar-refractivity contribution is 7.92. The van der Waals surface area contributed by atoms with E-state index in [0.717, 1.165) is 0 Å². The Balaban J connectivity index is 1.48. The standard InChI is InChI=1S/C27H27N5O4S2/c1-3-32(25-14-12-23(13-15-25)31-38(35,36)20-21-8-5-4-6-9-21)26-16-17-28-27(30-26)29-24-11-7-10-22(18-24)19-37(2,33)34/h3-18,31H,1,19-20H2,2H3,(H,28,29,30). The van der Waals surface area contributed by atoms with Gasteiger partial charge in [-0.2, -0.15) is 4.98 Å². The first-order chi connectivity index (χ1) is 18.1. The zero-order valence-electron chi connectivity index (χ0n) is 20.7. The van der Waals surface area contributed by atoms with Crippen molar-refractivity contribution in [2.75, 3.05) is 21.2 Å². The normalized spacial score (nSPS) is 11.5. The van der Waals surface area contributed by atoms with Crippen molar-refractivity contribution in [2.24, 2.45) is 0 Å². The van der Waals surface area contributed by atoms with Crippen molar-refractivity contribution < 1.29 is 16.8 Å². The summed E-state index contributed by atoms with van der Waals surface area (Å²) in [6.07, 6.45) is 4.37. The van der Waals surface area contributed by atoms with Crippen LogP contribution in [0.2, 0.25) is 0 Å². The van der Waals surface area contributed by atoms with Gasteiger partial charge in [0.1, 0.15) is 5.82 Å². The van der Waals surface area contributed by atoms with Crippen LogP contribution in [0.5, 0.6) is 0 Å². The van der Waals surface area contributed by atoms with Gasteiger partial charge in [-0.15, -0.1) is 0 Å². The van der Waals surface area contributed by atoms with E-state index in [1.54, 1.807) is 96.2 Å². The molecule has 1 heterocycles. The van der Waals surface area contributed by atoms with Crippen molar-refractivity contribution in [3.8, 4) is 0 Å². The van der Waals surface area contributed by atoms with Crippen molar-refractivity contribution in [1.29, 1.82) is 0 Å². The summed E-state index contributed by atoms with van der Waals surface area (Å²) >= 11 is 0. The third kappa shape index (κ3) is 7.64. The van der Waals surface area contributed by atoms with Gasteiger partial charge in [0.2, 0.25) is 16.0 Å². The summed E-state index contributed by atoms with van der Waals surface area (Å²) in [5, 5.41) is 3.10. The first-order valence-electron chi connectivity index (χ1n) is 11.5. The molecule has 0 unspecified atom stereocenters. The van der Waals surface area contributed by atoms with E-state index in [1.165, 1.54) is 6.26 Å². The van der Waals surface area contributed by atoms with Crippen molar-refractivity contribution in [3.05, 3.63) is 115 Å². The van der Waals surface area contributed by atoms with Gasteiger partial charge in [-0.3, -0.25) is 4.72 Å². The highest BCUT2D eigenvalue weighted by atomic mass is 32.2. The first-order valence-corrected chi connectivity index (χ1v) is 15.2. The lowest BCUT2D eigenvalue weighted by Gasteiger charge is -2.20. The van der Waals surface area contributed by atoms with E-state index >= 15 is 0 Å². The molecule has 3 aromatic carbocycles. The van der Waals surface area contributed by atoms with Gasteiger partial charge < -0.3 is 10.2 Å². The molecule has 38 heavy (non-hydrogen) atoms. The fourth-order valence-corrected chi connectivity index (χ4v) is 5.73. The molecule has 11 heteroatoms. The molecule has 0 aliphatic heterocycles. The van der Waals surface area contributed by atoms with Crippen LogP contribution < -0.4 is 14.9 Å². The molecule has 4 rings (SSSR count). The number of sulfonamides is 1. The number of anilines is 5. The number of nitrogens with zero attached hydrogens (tertiary/aromatic N) is 3. The Hall–Kier alpha value is -4.22. The topological polar surface area (TPSA) is 121 Å². The van der Waals surface area contributed by atoms with Crippen LogP contribution in [-0.2, 0) is 31.4 Å². The quantitative estimate of drug-likeness (QED) is 0.268. The second-order valence-electron chi connectivity index (χ2n) is 8.58. The monoisotopic (exact) mass is 549 g/mol. The number of benzene rings is 3. The van der Waals surface area contributed by atoms with Crippen LogP contribution in [0.25, 0.3) is 0 Å². The Morgan fingerprint density at radius 3 is 2.24 bits per heavy atom. The molecule has 196 valence electrons. The van der Waals surface area contributed by atoms with E-state index in [2.05, 4.69) is 26.6 Å². The number of sulfone groups is 1. The molecule has 0 saturated heterocycles. The van der Waals surface area contributed by atoms with Gasteiger partial charge >= 0.3 is 0 Å². The number of hydrogen-bond donors (Lipinski definition) is 2. The minimum Gasteiger partial charge on any atom is -0.324 e. The molecule has 0 radical (unpaired) electrons. The van der Waals surface area contributed by atoms with Crippen molar-refractivity contribution in [1.82, 2.24) is 9.97 Å². The number of nitrogens with one attached hydrogen (secondary N) is 2. The largest absolute Gasteiger partial charge is 0.324 e. The zero-order chi connectivity index (χ0) is 27.2. The van der Waals surface area contributed by atoms with Crippen LogP contribution >= 0.6 is 0 Å². The molecule has 0 atom stereocenters. The Bertz CT molecular complexity index is 1630. The maximum Gasteiger partial charge on any atom is 0.236 e. The highest BCUT2D eigenvalue weighted by Crippen LogP contribution is 2.27. The molecule has 9 nitrogen and oxygen atoms in total. The smallest absolute Gasteiger partial charge is 0.236 e. The van der Waals surface area contributed by atoms with Gasteiger partial charge in [-0.1, -0.05) is 49.0 Å². The van der Waals surface area contributed by atoms with E-state index in [-0.39, 0.29) is 11.5 Å². The molecule has 0 saturated carbocycles. The van der Waals surface area contributed by atoms with E-state index < -0.39 is 19.9 Å². The van der Waals surface area contributed by atoms with Crippen LogP contribution in [0, 0.1) is 0 Å². The van der Waals surface area contributed by atoms with Crippen LogP contribution in [0.1, 0.15) is 11.1 Å². The maximum atomic E-state index is 12.6. The number of aromatic nitrogens is 2. The number of hydrogen-bond acceptors (Lipinski definition) is 8. The lowest BCUT2D eigenvalue weighted by Crippen LogP contribution is -2.15. The van der Waals surface area contributed by atoms with Gasteiger partial charge in [0.15, 0.2) is 9.84 Å². The Morgan fingerprint density at radius 2 is 1.55 bits per heavy atom. The summed E-state index contributed by atoms with van der Waals surface area (Å²) in [5.41, 5.74) is 3.16. The molecule has 0 amide bonds. The lowest BCUT2D eigenvalue weighted by molar-refractivity contribution is 0.599. The molecular formula is C27H27N5O4S2. The summed E-state index contributed by atoms with van der Waals surface area (Å²) in [6, 6.07) is 24.6. The summed E-state index contributed by atoms with van der Waals surface area (Å²) in [6.45, 7) is 3.88. The molecule has 0 fully saturated rings. The van der Waals surface area contributed by atoms with Crippen LogP contribution in [0.15, 0.2) is 104 Å². The van der Waals surface area contributed by atoms with Gasteiger partial charge in [0.05, 0.1) is 11.5 Å². The molecule has 0 spiro atoms. The zero-order valence-corrected chi connectivity index (χ0v) is 22.3. The van der Waals surface area contributed by atoms with Crippen molar-refractivity contribution >= 4 is 48.7 Å². The van der Waals surface area contributed by atoms with Crippen molar-refractivity contribution in [2.45, 2.75) is 11.5 Å². The fourth-order valence-electron chi connectivity index (χ4n) is 3.74. The van der Waals surface area contributed by atoms with Gasteiger partial charge in [0.25, 0.3) is 0 Å². The second kappa shape index (κ2) is 11.4. The van der Waals surface area contributed by atoms with Crippen LogP contribution in [0.4, 0.5) is 28.8 Å². The molecule has 0 aliphatic rings. The molecule has 4 aromatic rings. The van der Waals surface area contributed by atoms with Crippen LogP contribution in [-0.4, -0.2) is 33.1 Å². The minimum absolute atomic E-state index is 0.0634. The number of rotatable bonds is 11. The summed E-state index contributed by atoms with van der Waals surface area (Å²) in [4.78, 5) is 10.5. The first kappa shape index (κ1) is 26.8. The lowest BCUT2D eigenvalue weighted by atomic mass is 10.2. The Morgan fingerprint density at radius 1 is 0.842 bits per heavy atom. The van der Waals surface area contributed by atoms with Crippen LogP contribution in [0.3, 0.4) is 0 Å². The maximum absolute atomic E-state index is 12.6. The highest BCUT2D eigenvalue weighted by Gasteiger charge is 2.14. The van der Waals surface area contributed by atoms with E-state index in [0.29, 0.717) is 40.0 Å². The summed E-state index contributed by atoms with van der Waals surface area (Å²) < 4.78 is 51.0. The predicted molar refractivity (Wildman–Crippen MR) is 152 cm³/mol. The van der Waals surface area contributed by atoms with Gasteiger partial charge in [-0.05, 0) is 53.6 Å². The van der Waals surface area contributed by atoms with E-state index in [9.17, 15) is 16.8 Å².